The Labute approximate surface area is 167 Å². The van der Waals surface area contributed by atoms with Crippen molar-refractivity contribution in [3.8, 4) is 6.07 Å². The second-order valence-electron chi connectivity index (χ2n) is 8.19. The molecule has 0 fully saturated rings. The van der Waals surface area contributed by atoms with E-state index >= 15 is 0 Å². The van der Waals surface area contributed by atoms with Gasteiger partial charge in [0.15, 0.2) is 0 Å². The zero-order valence-corrected chi connectivity index (χ0v) is 16.2. The molecule has 2 aromatic carbocycles. The number of nitro benzene ring substituents is 1. The number of hydrogen-bond acceptors (Lipinski definition) is 4. The summed E-state index contributed by atoms with van der Waals surface area (Å²) in [6.45, 7) is 4.21. The summed E-state index contributed by atoms with van der Waals surface area (Å²) in [5.74, 6) is -0.139. The fraction of sp³-hybridized carbons (Fsp3) is 0.273. The highest BCUT2D eigenvalue weighted by atomic mass is 16.6. The highest BCUT2D eigenvalue weighted by Gasteiger charge is 2.39. The normalized spacial score (nSPS) is 16.9. The van der Waals surface area contributed by atoms with Gasteiger partial charge in [-0.15, -0.1) is 0 Å². The standard InChI is InChI=1S/C22H20N4O3/c1-22(2)11-14-4-3-13(12-23)7-18(14)21(22)25-20(27)10-16-8-15-9-17(26(28)29)5-6-19(15)24-16/h3-9,21,24H,10-11H2,1-2H3,(H,25,27)/t21-/m0/s1. The Balaban J connectivity index is 1.55. The smallest absolute Gasteiger partial charge is 0.270 e. The van der Waals surface area contributed by atoms with Crippen molar-refractivity contribution in [2.45, 2.75) is 32.7 Å². The van der Waals surface area contributed by atoms with Crippen LogP contribution in [-0.2, 0) is 17.6 Å². The average Bonchev–Trinajstić information content (AvgIpc) is 3.17. The number of H-pyrrole nitrogens is 1. The van der Waals surface area contributed by atoms with Crippen molar-refractivity contribution >= 4 is 22.5 Å². The van der Waals surface area contributed by atoms with Gasteiger partial charge >= 0.3 is 0 Å². The summed E-state index contributed by atoms with van der Waals surface area (Å²) >= 11 is 0. The van der Waals surface area contributed by atoms with Crippen molar-refractivity contribution in [1.82, 2.24) is 10.3 Å². The van der Waals surface area contributed by atoms with E-state index in [4.69, 9.17) is 0 Å². The number of nitro groups is 1. The Bertz CT molecular complexity index is 1190. The van der Waals surface area contributed by atoms with Gasteiger partial charge in [-0.05, 0) is 47.2 Å². The van der Waals surface area contributed by atoms with E-state index in [0.717, 1.165) is 23.1 Å². The molecule has 3 aromatic rings. The molecule has 1 aliphatic rings. The quantitative estimate of drug-likeness (QED) is 0.521. The molecule has 0 radical (unpaired) electrons. The number of nitrogens with zero attached hydrogens (tertiary/aromatic N) is 2. The molecule has 2 N–H and O–H groups in total. The number of hydrogen-bond donors (Lipinski definition) is 2. The van der Waals surface area contributed by atoms with Gasteiger partial charge in [0.25, 0.3) is 5.69 Å². The molecule has 0 bridgehead atoms. The first-order valence-corrected chi connectivity index (χ1v) is 9.35. The third-order valence-corrected chi connectivity index (χ3v) is 5.54. The molecule has 146 valence electrons. The number of non-ortho nitro benzene ring substituents is 1. The Hall–Kier alpha value is -3.66. The molecule has 4 rings (SSSR count). The van der Waals surface area contributed by atoms with Crippen LogP contribution in [0, 0.1) is 26.9 Å². The van der Waals surface area contributed by atoms with Gasteiger partial charge in [0.2, 0.25) is 5.91 Å². The molecule has 1 atom stereocenters. The third kappa shape index (κ3) is 3.45. The van der Waals surface area contributed by atoms with E-state index in [1.54, 1.807) is 12.1 Å². The average molecular weight is 388 g/mol. The lowest BCUT2D eigenvalue weighted by molar-refractivity contribution is -0.384. The number of benzene rings is 2. The lowest BCUT2D eigenvalue weighted by Gasteiger charge is -2.28. The molecule has 29 heavy (non-hydrogen) atoms. The monoisotopic (exact) mass is 388 g/mol. The lowest BCUT2D eigenvalue weighted by atomic mass is 9.85. The lowest BCUT2D eigenvalue weighted by Crippen LogP contribution is -2.36. The number of fused-ring (bicyclic) bond motifs is 2. The van der Waals surface area contributed by atoms with Crippen LogP contribution in [0.15, 0.2) is 42.5 Å². The number of amides is 1. The van der Waals surface area contributed by atoms with Gasteiger partial charge in [-0.2, -0.15) is 5.26 Å². The van der Waals surface area contributed by atoms with E-state index in [-0.39, 0.29) is 29.5 Å². The third-order valence-electron chi connectivity index (χ3n) is 5.54. The second kappa shape index (κ2) is 6.74. The summed E-state index contributed by atoms with van der Waals surface area (Å²) in [5, 5.41) is 24.0. The van der Waals surface area contributed by atoms with Crippen molar-refractivity contribution in [3.05, 3.63) is 75.0 Å². The van der Waals surface area contributed by atoms with Gasteiger partial charge in [0.05, 0.1) is 29.0 Å². The Morgan fingerprint density at radius 1 is 1.31 bits per heavy atom. The van der Waals surface area contributed by atoms with Gasteiger partial charge in [0.1, 0.15) is 0 Å². The Kier molecular flexibility index (Phi) is 4.35. The fourth-order valence-corrected chi connectivity index (χ4v) is 4.16. The number of nitriles is 1. The van der Waals surface area contributed by atoms with Gasteiger partial charge in [0, 0.05) is 28.7 Å². The molecule has 7 nitrogen and oxygen atoms in total. The minimum atomic E-state index is -0.437. The van der Waals surface area contributed by atoms with Crippen molar-refractivity contribution in [3.63, 3.8) is 0 Å². The number of rotatable bonds is 4. The van der Waals surface area contributed by atoms with E-state index in [0.29, 0.717) is 16.6 Å². The summed E-state index contributed by atoms with van der Waals surface area (Å²) in [6.07, 6.45) is 0.970. The summed E-state index contributed by atoms with van der Waals surface area (Å²) < 4.78 is 0. The van der Waals surface area contributed by atoms with Crippen molar-refractivity contribution in [2.75, 3.05) is 0 Å². The van der Waals surface area contributed by atoms with Crippen LogP contribution in [0.4, 0.5) is 5.69 Å². The van der Waals surface area contributed by atoms with E-state index in [1.165, 1.54) is 12.1 Å². The maximum atomic E-state index is 12.8. The van der Waals surface area contributed by atoms with Gasteiger partial charge in [-0.25, -0.2) is 0 Å². The first-order chi connectivity index (χ1) is 13.8. The van der Waals surface area contributed by atoms with Crippen molar-refractivity contribution < 1.29 is 9.72 Å². The Morgan fingerprint density at radius 2 is 2.10 bits per heavy atom. The van der Waals surface area contributed by atoms with E-state index in [2.05, 4.69) is 30.2 Å². The zero-order chi connectivity index (χ0) is 20.8. The summed E-state index contributed by atoms with van der Waals surface area (Å²) in [5.41, 5.74) is 4.03. The molecule has 1 aliphatic carbocycles. The number of carbonyl (C=O) groups is 1. The molecule has 1 amide bonds. The molecule has 7 heteroatoms. The van der Waals surface area contributed by atoms with Gasteiger partial charge in [-0.3, -0.25) is 14.9 Å². The molecular formula is C22H20N4O3. The minimum absolute atomic E-state index is 0.0186. The maximum Gasteiger partial charge on any atom is 0.270 e. The predicted molar refractivity (Wildman–Crippen MR) is 108 cm³/mol. The van der Waals surface area contributed by atoms with E-state index < -0.39 is 4.92 Å². The Morgan fingerprint density at radius 3 is 2.83 bits per heavy atom. The van der Waals surface area contributed by atoms with Crippen molar-refractivity contribution in [2.24, 2.45) is 5.41 Å². The molecule has 0 spiro atoms. The molecule has 0 aliphatic heterocycles. The number of aromatic amines is 1. The zero-order valence-electron chi connectivity index (χ0n) is 16.2. The highest BCUT2D eigenvalue weighted by molar-refractivity contribution is 5.85. The number of aromatic nitrogens is 1. The molecular weight excluding hydrogens is 368 g/mol. The fourth-order valence-electron chi connectivity index (χ4n) is 4.16. The number of nitrogens with one attached hydrogen (secondary N) is 2. The molecule has 0 saturated carbocycles. The van der Waals surface area contributed by atoms with E-state index in [9.17, 15) is 20.2 Å². The van der Waals surface area contributed by atoms with Crippen molar-refractivity contribution in [1.29, 1.82) is 5.26 Å². The van der Waals surface area contributed by atoms with Crippen LogP contribution in [0.2, 0.25) is 0 Å². The first kappa shape index (κ1) is 18.7. The van der Waals surface area contributed by atoms with Crippen LogP contribution >= 0.6 is 0 Å². The minimum Gasteiger partial charge on any atom is -0.358 e. The summed E-state index contributed by atoms with van der Waals surface area (Å²) in [7, 11) is 0. The van der Waals surface area contributed by atoms with E-state index in [1.807, 2.05) is 18.2 Å². The number of carbonyl (C=O) groups excluding carboxylic acids is 1. The molecule has 1 aromatic heterocycles. The SMILES string of the molecule is CC1(C)Cc2ccc(C#N)cc2[C@@H]1NC(=O)Cc1cc2cc([N+](=O)[O-])ccc2[nH]1. The molecule has 0 unspecified atom stereocenters. The highest BCUT2D eigenvalue weighted by Crippen LogP contribution is 2.45. The second-order valence-corrected chi connectivity index (χ2v) is 8.19. The van der Waals surface area contributed by atoms with Crippen LogP contribution < -0.4 is 5.32 Å². The van der Waals surface area contributed by atoms with Crippen LogP contribution in [0.3, 0.4) is 0 Å². The largest absolute Gasteiger partial charge is 0.358 e. The van der Waals surface area contributed by atoms with Crippen LogP contribution in [0.5, 0.6) is 0 Å². The first-order valence-electron chi connectivity index (χ1n) is 9.35. The van der Waals surface area contributed by atoms with Crippen LogP contribution in [-0.4, -0.2) is 15.8 Å². The van der Waals surface area contributed by atoms with Gasteiger partial charge < -0.3 is 10.3 Å². The molecule has 1 heterocycles. The predicted octanol–water partition coefficient (Wildman–Crippen LogP) is 3.93. The maximum absolute atomic E-state index is 12.8. The van der Waals surface area contributed by atoms with Gasteiger partial charge in [-0.1, -0.05) is 19.9 Å². The van der Waals surface area contributed by atoms with Crippen LogP contribution in [0.25, 0.3) is 10.9 Å². The summed E-state index contributed by atoms with van der Waals surface area (Å²) in [6, 6.07) is 14.0. The molecule has 0 saturated heterocycles. The topological polar surface area (TPSA) is 112 Å². The summed E-state index contributed by atoms with van der Waals surface area (Å²) in [4.78, 5) is 26.4. The van der Waals surface area contributed by atoms with Crippen LogP contribution in [0.1, 0.15) is 42.3 Å².